The standard InChI is InChI=1S/C14H22BrN3O/c1-19-11-5-6-13(15)12(9-11)14(10-16)17-18-7-3-2-4-8-18/h5-6,9,14,17H,2-4,7-8,10,16H2,1H3. The zero-order valence-electron chi connectivity index (χ0n) is 11.4. The van der Waals surface area contributed by atoms with Crippen molar-refractivity contribution < 1.29 is 4.74 Å². The van der Waals surface area contributed by atoms with Gasteiger partial charge in [-0.15, -0.1) is 0 Å². The lowest BCUT2D eigenvalue weighted by Gasteiger charge is -2.32. The highest BCUT2D eigenvalue weighted by molar-refractivity contribution is 9.10. The maximum absolute atomic E-state index is 5.93. The average molecular weight is 328 g/mol. The molecule has 1 aliphatic rings. The number of nitrogens with one attached hydrogen (secondary N) is 1. The zero-order chi connectivity index (χ0) is 13.7. The summed E-state index contributed by atoms with van der Waals surface area (Å²) in [6.07, 6.45) is 3.83. The second-order valence-electron chi connectivity index (χ2n) is 4.85. The lowest BCUT2D eigenvalue weighted by molar-refractivity contribution is 0.130. The molecule has 1 saturated heterocycles. The Morgan fingerprint density at radius 2 is 2.11 bits per heavy atom. The van der Waals surface area contributed by atoms with E-state index in [1.807, 2.05) is 18.2 Å². The smallest absolute Gasteiger partial charge is 0.119 e. The maximum Gasteiger partial charge on any atom is 0.119 e. The van der Waals surface area contributed by atoms with Crippen LogP contribution in [0.15, 0.2) is 22.7 Å². The summed E-state index contributed by atoms with van der Waals surface area (Å²) in [5, 5.41) is 2.28. The van der Waals surface area contributed by atoms with Gasteiger partial charge in [0, 0.05) is 24.1 Å². The second kappa shape index (κ2) is 7.24. The Bertz CT molecular complexity index is 408. The molecule has 106 valence electrons. The fourth-order valence-corrected chi connectivity index (χ4v) is 2.93. The highest BCUT2D eigenvalue weighted by atomic mass is 79.9. The molecule has 0 bridgehead atoms. The molecule has 4 nitrogen and oxygen atoms in total. The van der Waals surface area contributed by atoms with Crippen LogP contribution < -0.4 is 15.9 Å². The van der Waals surface area contributed by atoms with Crippen LogP contribution in [0, 0.1) is 0 Å². The largest absolute Gasteiger partial charge is 0.497 e. The van der Waals surface area contributed by atoms with Crippen molar-refractivity contribution in [2.24, 2.45) is 5.73 Å². The molecular formula is C14H22BrN3O. The Hall–Kier alpha value is -0.620. The molecule has 19 heavy (non-hydrogen) atoms. The van der Waals surface area contributed by atoms with E-state index in [9.17, 15) is 0 Å². The molecule has 1 heterocycles. The van der Waals surface area contributed by atoms with Gasteiger partial charge in [-0.1, -0.05) is 22.4 Å². The predicted molar refractivity (Wildman–Crippen MR) is 81.0 cm³/mol. The van der Waals surface area contributed by atoms with Crippen LogP contribution in [0.5, 0.6) is 5.75 Å². The van der Waals surface area contributed by atoms with Gasteiger partial charge in [0.15, 0.2) is 0 Å². The van der Waals surface area contributed by atoms with Gasteiger partial charge in [-0.05, 0) is 36.6 Å². The molecule has 1 atom stereocenters. The predicted octanol–water partition coefficient (Wildman–Crippen LogP) is 2.45. The van der Waals surface area contributed by atoms with E-state index in [2.05, 4.69) is 26.4 Å². The number of ether oxygens (including phenoxy) is 1. The number of halogens is 1. The van der Waals surface area contributed by atoms with Crippen LogP contribution in [0.3, 0.4) is 0 Å². The summed E-state index contributed by atoms with van der Waals surface area (Å²) in [5.74, 6) is 0.858. The minimum atomic E-state index is 0.113. The molecule has 5 heteroatoms. The third-order valence-electron chi connectivity index (χ3n) is 3.51. The third kappa shape index (κ3) is 3.92. The first-order valence-electron chi connectivity index (χ1n) is 6.79. The van der Waals surface area contributed by atoms with Crippen molar-refractivity contribution in [3.63, 3.8) is 0 Å². The summed E-state index contributed by atoms with van der Waals surface area (Å²) in [4.78, 5) is 0. The van der Waals surface area contributed by atoms with Crippen LogP contribution in [0.2, 0.25) is 0 Å². The Morgan fingerprint density at radius 1 is 1.37 bits per heavy atom. The number of benzene rings is 1. The van der Waals surface area contributed by atoms with Crippen molar-refractivity contribution in [2.45, 2.75) is 25.3 Å². The number of nitrogens with two attached hydrogens (primary N) is 1. The van der Waals surface area contributed by atoms with E-state index in [4.69, 9.17) is 10.5 Å². The molecule has 1 fully saturated rings. The van der Waals surface area contributed by atoms with Crippen molar-refractivity contribution in [2.75, 3.05) is 26.7 Å². The minimum Gasteiger partial charge on any atom is -0.497 e. The van der Waals surface area contributed by atoms with Gasteiger partial charge >= 0.3 is 0 Å². The number of rotatable bonds is 5. The van der Waals surface area contributed by atoms with Crippen molar-refractivity contribution in [3.8, 4) is 5.75 Å². The van der Waals surface area contributed by atoms with Gasteiger partial charge in [0.05, 0.1) is 13.2 Å². The van der Waals surface area contributed by atoms with Gasteiger partial charge in [-0.25, -0.2) is 10.4 Å². The highest BCUT2D eigenvalue weighted by Gasteiger charge is 2.18. The molecule has 3 N–H and O–H groups in total. The van der Waals surface area contributed by atoms with Crippen LogP contribution in [0.4, 0.5) is 0 Å². The zero-order valence-corrected chi connectivity index (χ0v) is 12.9. The van der Waals surface area contributed by atoms with Gasteiger partial charge in [0.1, 0.15) is 5.75 Å². The summed E-state index contributed by atoms with van der Waals surface area (Å²) < 4.78 is 6.35. The van der Waals surface area contributed by atoms with Crippen LogP contribution in [0.1, 0.15) is 30.9 Å². The molecular weight excluding hydrogens is 306 g/mol. The van der Waals surface area contributed by atoms with Crippen molar-refractivity contribution >= 4 is 15.9 Å². The number of piperidine rings is 1. The minimum absolute atomic E-state index is 0.113. The summed E-state index contributed by atoms with van der Waals surface area (Å²) in [7, 11) is 1.68. The molecule has 1 aromatic carbocycles. The number of hydrogen-bond acceptors (Lipinski definition) is 4. The molecule has 0 spiro atoms. The van der Waals surface area contributed by atoms with Crippen LogP contribution in [0.25, 0.3) is 0 Å². The average Bonchev–Trinajstić information content (AvgIpc) is 2.47. The van der Waals surface area contributed by atoms with E-state index >= 15 is 0 Å². The maximum atomic E-state index is 5.93. The first kappa shape index (κ1) is 14.8. The molecule has 0 radical (unpaired) electrons. The fraction of sp³-hybridized carbons (Fsp3) is 0.571. The van der Waals surface area contributed by atoms with Crippen molar-refractivity contribution in [3.05, 3.63) is 28.2 Å². The number of hydrazine groups is 1. The molecule has 1 aromatic rings. The van der Waals surface area contributed by atoms with E-state index in [-0.39, 0.29) is 6.04 Å². The van der Waals surface area contributed by atoms with Crippen molar-refractivity contribution in [1.29, 1.82) is 0 Å². The van der Waals surface area contributed by atoms with Gasteiger partial charge < -0.3 is 10.5 Å². The van der Waals surface area contributed by atoms with E-state index < -0.39 is 0 Å². The Balaban J connectivity index is 2.11. The first-order chi connectivity index (χ1) is 9.24. The number of nitrogens with zero attached hydrogens (tertiary/aromatic N) is 1. The monoisotopic (exact) mass is 327 g/mol. The van der Waals surface area contributed by atoms with Gasteiger partial charge in [0.25, 0.3) is 0 Å². The SMILES string of the molecule is COc1ccc(Br)c(C(CN)NN2CCCCC2)c1. The van der Waals surface area contributed by atoms with Crippen LogP contribution in [-0.2, 0) is 0 Å². The fourth-order valence-electron chi connectivity index (χ4n) is 2.41. The van der Waals surface area contributed by atoms with E-state index in [0.29, 0.717) is 6.54 Å². The molecule has 0 aliphatic carbocycles. The van der Waals surface area contributed by atoms with E-state index in [0.717, 1.165) is 28.9 Å². The molecule has 1 aliphatic heterocycles. The van der Waals surface area contributed by atoms with Gasteiger partial charge in [-0.2, -0.15) is 0 Å². The van der Waals surface area contributed by atoms with Crippen LogP contribution >= 0.6 is 15.9 Å². The van der Waals surface area contributed by atoms with Gasteiger partial charge in [-0.3, -0.25) is 0 Å². The van der Waals surface area contributed by atoms with E-state index in [1.54, 1.807) is 7.11 Å². The van der Waals surface area contributed by atoms with E-state index in [1.165, 1.54) is 19.3 Å². The molecule has 0 amide bonds. The normalized spacial score (nSPS) is 18.3. The summed E-state index contributed by atoms with van der Waals surface area (Å²) >= 11 is 3.60. The number of hydrogen-bond donors (Lipinski definition) is 2. The van der Waals surface area contributed by atoms with Gasteiger partial charge in [0.2, 0.25) is 0 Å². The molecule has 1 unspecified atom stereocenters. The summed E-state index contributed by atoms with van der Waals surface area (Å²) in [6, 6.07) is 6.11. The Kier molecular flexibility index (Phi) is 5.63. The molecule has 2 rings (SSSR count). The number of methoxy groups -OCH3 is 1. The Morgan fingerprint density at radius 3 is 2.74 bits per heavy atom. The van der Waals surface area contributed by atoms with Crippen LogP contribution in [-0.4, -0.2) is 31.8 Å². The summed E-state index contributed by atoms with van der Waals surface area (Å²) in [6.45, 7) is 2.75. The molecule has 0 aromatic heterocycles. The quantitative estimate of drug-likeness (QED) is 0.872. The second-order valence-corrected chi connectivity index (χ2v) is 5.71. The third-order valence-corrected chi connectivity index (χ3v) is 4.23. The lowest BCUT2D eigenvalue weighted by atomic mass is 10.1. The molecule has 0 saturated carbocycles. The Labute approximate surface area is 123 Å². The summed E-state index contributed by atoms with van der Waals surface area (Å²) in [5.41, 5.74) is 10.6. The highest BCUT2D eigenvalue weighted by Crippen LogP contribution is 2.28. The first-order valence-corrected chi connectivity index (χ1v) is 7.58. The van der Waals surface area contributed by atoms with Crippen molar-refractivity contribution in [1.82, 2.24) is 10.4 Å². The lowest BCUT2D eigenvalue weighted by Crippen LogP contribution is -2.45. The topological polar surface area (TPSA) is 50.5 Å².